The zero-order valence-corrected chi connectivity index (χ0v) is 11.8. The average molecular weight is 256 g/mol. The van der Waals surface area contributed by atoms with E-state index in [0.717, 1.165) is 25.6 Å². The Labute approximate surface area is 111 Å². The lowest BCUT2D eigenvalue weighted by atomic mass is 9.94. The minimum absolute atomic E-state index is 0.384. The lowest BCUT2D eigenvalue weighted by Crippen LogP contribution is -2.39. The molecular weight excluding hydrogens is 228 g/mol. The van der Waals surface area contributed by atoms with E-state index in [1.807, 2.05) is 6.92 Å². The molecule has 0 aromatic heterocycles. The van der Waals surface area contributed by atoms with Gasteiger partial charge in [0.25, 0.3) is 0 Å². The molecule has 2 N–H and O–H groups in total. The van der Waals surface area contributed by atoms with Gasteiger partial charge >= 0.3 is 5.97 Å². The Morgan fingerprint density at radius 1 is 1.39 bits per heavy atom. The number of nitrogens with one attached hydrogen (secondary N) is 1. The molecule has 0 saturated heterocycles. The first-order valence-electron chi connectivity index (χ1n) is 7.31. The van der Waals surface area contributed by atoms with Gasteiger partial charge in [0, 0.05) is 6.04 Å². The maximum absolute atomic E-state index is 10.8. The molecule has 0 amide bonds. The molecule has 0 spiro atoms. The molecule has 1 atom stereocenters. The van der Waals surface area contributed by atoms with Crippen LogP contribution in [0.2, 0.25) is 0 Å². The summed E-state index contributed by atoms with van der Waals surface area (Å²) in [5, 5.41) is 12.0. The number of carboxylic acids is 1. The Kier molecular flexibility index (Phi) is 7.28. The van der Waals surface area contributed by atoms with Crippen molar-refractivity contribution in [2.75, 3.05) is 20.1 Å². The van der Waals surface area contributed by atoms with E-state index >= 15 is 0 Å². The third-order valence-corrected chi connectivity index (χ3v) is 3.98. The summed E-state index contributed by atoms with van der Waals surface area (Å²) in [6.45, 7) is 3.76. The smallest absolute Gasteiger partial charge is 0.320 e. The Hall–Kier alpha value is -0.610. The van der Waals surface area contributed by atoms with E-state index in [4.69, 9.17) is 5.11 Å². The predicted octanol–water partition coefficient (Wildman–Crippen LogP) is 2.09. The van der Waals surface area contributed by atoms with E-state index < -0.39 is 5.97 Å². The molecule has 1 fully saturated rings. The molecule has 0 bridgehead atoms. The fourth-order valence-electron chi connectivity index (χ4n) is 2.72. The molecule has 4 nitrogen and oxygen atoms in total. The van der Waals surface area contributed by atoms with Crippen molar-refractivity contribution in [1.29, 1.82) is 0 Å². The summed E-state index contributed by atoms with van der Waals surface area (Å²) in [5.74, 6) is -0.738. The van der Waals surface area contributed by atoms with Crippen LogP contribution in [0.1, 0.15) is 51.9 Å². The number of aliphatic carboxylic acids is 1. The summed E-state index contributed by atoms with van der Waals surface area (Å²) in [4.78, 5) is 13.3. The van der Waals surface area contributed by atoms with Gasteiger partial charge in [-0.3, -0.25) is 4.79 Å². The van der Waals surface area contributed by atoms with Crippen LogP contribution >= 0.6 is 0 Å². The highest BCUT2D eigenvalue weighted by Crippen LogP contribution is 2.21. The quantitative estimate of drug-likeness (QED) is 0.653. The number of rotatable bonds is 8. The molecular formula is C14H28N2O2. The van der Waals surface area contributed by atoms with Gasteiger partial charge in [-0.1, -0.05) is 26.2 Å². The van der Waals surface area contributed by atoms with Gasteiger partial charge in [0.15, 0.2) is 0 Å². The highest BCUT2D eigenvalue weighted by molar-refractivity contribution is 5.73. The van der Waals surface area contributed by atoms with Gasteiger partial charge in [-0.05, 0) is 45.8 Å². The SMILES string of the molecule is CCC(NCCCN(C)C1CCCCC1)C(=O)O. The Bertz CT molecular complexity index is 240. The zero-order valence-electron chi connectivity index (χ0n) is 11.8. The van der Waals surface area contributed by atoms with Gasteiger partial charge in [-0.2, -0.15) is 0 Å². The molecule has 0 radical (unpaired) electrons. The molecule has 1 aliphatic carbocycles. The maximum Gasteiger partial charge on any atom is 0.320 e. The van der Waals surface area contributed by atoms with E-state index in [0.29, 0.717) is 6.42 Å². The highest BCUT2D eigenvalue weighted by atomic mass is 16.4. The molecule has 1 unspecified atom stereocenters. The molecule has 18 heavy (non-hydrogen) atoms. The number of nitrogens with zero attached hydrogens (tertiary/aromatic N) is 1. The van der Waals surface area contributed by atoms with Crippen LogP contribution in [0.3, 0.4) is 0 Å². The molecule has 0 aliphatic heterocycles. The Morgan fingerprint density at radius 2 is 2.06 bits per heavy atom. The second-order valence-corrected chi connectivity index (χ2v) is 5.38. The van der Waals surface area contributed by atoms with Crippen molar-refractivity contribution in [2.45, 2.75) is 64.0 Å². The maximum atomic E-state index is 10.8. The number of carboxylic acid groups (broad SMARTS) is 1. The largest absolute Gasteiger partial charge is 0.480 e. The van der Waals surface area contributed by atoms with Crippen LogP contribution < -0.4 is 5.32 Å². The van der Waals surface area contributed by atoms with Crippen molar-refractivity contribution in [3.63, 3.8) is 0 Å². The van der Waals surface area contributed by atoms with Crippen LogP contribution in [0, 0.1) is 0 Å². The lowest BCUT2D eigenvalue weighted by molar-refractivity contribution is -0.139. The van der Waals surface area contributed by atoms with Crippen LogP contribution in [0.15, 0.2) is 0 Å². The molecule has 0 aromatic rings. The minimum Gasteiger partial charge on any atom is -0.480 e. The van der Waals surface area contributed by atoms with Crippen molar-refractivity contribution in [3.05, 3.63) is 0 Å². The third-order valence-electron chi connectivity index (χ3n) is 3.98. The molecule has 1 aliphatic rings. The summed E-state index contributed by atoms with van der Waals surface area (Å²) >= 11 is 0. The van der Waals surface area contributed by atoms with Gasteiger partial charge in [0.2, 0.25) is 0 Å². The summed E-state index contributed by atoms with van der Waals surface area (Å²) in [7, 11) is 2.20. The number of hydrogen-bond donors (Lipinski definition) is 2. The Morgan fingerprint density at radius 3 is 2.61 bits per heavy atom. The van der Waals surface area contributed by atoms with Gasteiger partial charge in [-0.15, -0.1) is 0 Å². The first kappa shape index (κ1) is 15.4. The van der Waals surface area contributed by atoms with E-state index in [-0.39, 0.29) is 6.04 Å². The van der Waals surface area contributed by atoms with E-state index in [2.05, 4.69) is 17.3 Å². The van der Waals surface area contributed by atoms with Gasteiger partial charge in [0.1, 0.15) is 6.04 Å². The van der Waals surface area contributed by atoms with Gasteiger partial charge in [0.05, 0.1) is 0 Å². The topological polar surface area (TPSA) is 52.6 Å². The van der Waals surface area contributed by atoms with Crippen LogP contribution in [0.5, 0.6) is 0 Å². The predicted molar refractivity (Wildman–Crippen MR) is 73.8 cm³/mol. The number of carbonyl (C=O) groups is 1. The van der Waals surface area contributed by atoms with Crippen molar-refractivity contribution in [3.8, 4) is 0 Å². The summed E-state index contributed by atoms with van der Waals surface area (Å²) in [6.07, 6.45) is 8.45. The zero-order chi connectivity index (χ0) is 13.4. The van der Waals surface area contributed by atoms with Crippen molar-refractivity contribution in [1.82, 2.24) is 10.2 Å². The summed E-state index contributed by atoms with van der Waals surface area (Å²) < 4.78 is 0. The lowest BCUT2D eigenvalue weighted by Gasteiger charge is -2.31. The first-order chi connectivity index (χ1) is 8.65. The normalized spacial score (nSPS) is 19.1. The molecule has 0 heterocycles. The number of hydrogen-bond acceptors (Lipinski definition) is 3. The summed E-state index contributed by atoms with van der Waals surface area (Å²) in [6, 6.07) is 0.366. The standard InChI is InChI=1S/C14H28N2O2/c1-3-13(14(17)18)15-10-7-11-16(2)12-8-5-4-6-9-12/h12-13,15H,3-11H2,1-2H3,(H,17,18). The third kappa shape index (κ3) is 5.36. The van der Waals surface area contributed by atoms with Crippen molar-refractivity contribution in [2.24, 2.45) is 0 Å². The minimum atomic E-state index is -0.738. The van der Waals surface area contributed by atoms with E-state index in [1.54, 1.807) is 0 Å². The fraction of sp³-hybridized carbons (Fsp3) is 0.929. The van der Waals surface area contributed by atoms with Crippen LogP contribution in [-0.2, 0) is 4.79 Å². The van der Waals surface area contributed by atoms with Crippen molar-refractivity contribution >= 4 is 5.97 Å². The Balaban J connectivity index is 2.11. The second kappa shape index (κ2) is 8.48. The van der Waals surface area contributed by atoms with E-state index in [1.165, 1.54) is 32.1 Å². The molecule has 1 rings (SSSR count). The molecule has 4 heteroatoms. The van der Waals surface area contributed by atoms with Gasteiger partial charge in [-0.25, -0.2) is 0 Å². The van der Waals surface area contributed by atoms with Crippen molar-refractivity contribution < 1.29 is 9.90 Å². The monoisotopic (exact) mass is 256 g/mol. The van der Waals surface area contributed by atoms with Gasteiger partial charge < -0.3 is 15.3 Å². The first-order valence-corrected chi connectivity index (χ1v) is 7.31. The average Bonchev–Trinajstić information content (AvgIpc) is 2.39. The molecule has 106 valence electrons. The van der Waals surface area contributed by atoms with Crippen LogP contribution in [-0.4, -0.2) is 48.2 Å². The summed E-state index contributed by atoms with van der Waals surface area (Å²) in [5.41, 5.74) is 0. The van der Waals surface area contributed by atoms with Crippen LogP contribution in [0.4, 0.5) is 0 Å². The second-order valence-electron chi connectivity index (χ2n) is 5.38. The fourth-order valence-corrected chi connectivity index (χ4v) is 2.72. The van der Waals surface area contributed by atoms with Crippen LogP contribution in [0.25, 0.3) is 0 Å². The highest BCUT2D eigenvalue weighted by Gasteiger charge is 2.18. The molecule has 1 saturated carbocycles. The molecule has 0 aromatic carbocycles. The van der Waals surface area contributed by atoms with E-state index in [9.17, 15) is 4.79 Å².